The molecule has 14 heteroatoms. The number of hydrogen-bond acceptors (Lipinski definition) is 8. The number of piperidine rings is 1. The number of alkyl carbamates (subject to hydrolysis) is 1. The Morgan fingerprint density at radius 1 is 1.00 bits per heavy atom. The van der Waals surface area contributed by atoms with E-state index in [-0.39, 0.29) is 17.7 Å². The highest BCUT2D eigenvalue weighted by Gasteiger charge is 2.39. The molecule has 3 unspecified atom stereocenters. The van der Waals surface area contributed by atoms with Crippen LogP contribution in [0.5, 0.6) is 0 Å². The lowest BCUT2D eigenvalue weighted by Crippen LogP contribution is -2.57. The Morgan fingerprint density at radius 3 is 2.43 bits per heavy atom. The number of carbonyl (C=O) groups is 2. The van der Waals surface area contributed by atoms with Crippen LogP contribution < -0.4 is 15.5 Å². The van der Waals surface area contributed by atoms with E-state index in [2.05, 4.69) is 30.9 Å². The van der Waals surface area contributed by atoms with Gasteiger partial charge in [-0.25, -0.2) is 27.6 Å². The van der Waals surface area contributed by atoms with Crippen molar-refractivity contribution in [2.24, 2.45) is 5.92 Å². The molecule has 0 saturated carbocycles. The Bertz CT molecular complexity index is 1640. The molecule has 4 aromatic rings. The second-order valence-electron chi connectivity index (χ2n) is 11.5. The highest BCUT2D eigenvalue weighted by molar-refractivity contribution is 6.04. The van der Waals surface area contributed by atoms with Crippen molar-refractivity contribution in [3.63, 3.8) is 0 Å². The minimum absolute atomic E-state index is 0.0564. The van der Waals surface area contributed by atoms with Gasteiger partial charge in [0.1, 0.15) is 34.4 Å². The van der Waals surface area contributed by atoms with Gasteiger partial charge in [0.05, 0.1) is 41.4 Å². The van der Waals surface area contributed by atoms with Crippen molar-refractivity contribution in [1.82, 2.24) is 30.3 Å². The second-order valence-corrected chi connectivity index (χ2v) is 11.5. The molecule has 0 radical (unpaired) electrons. The van der Waals surface area contributed by atoms with Gasteiger partial charge in [-0.2, -0.15) is 0 Å². The number of nitrogens with zero attached hydrogens (tertiary/aromatic N) is 6. The lowest BCUT2D eigenvalue weighted by atomic mass is 9.89. The molecule has 3 aromatic heterocycles. The van der Waals surface area contributed by atoms with Crippen LogP contribution in [-0.4, -0.2) is 61.7 Å². The molecule has 2 amide bonds. The van der Waals surface area contributed by atoms with E-state index in [0.29, 0.717) is 24.5 Å². The van der Waals surface area contributed by atoms with Gasteiger partial charge >= 0.3 is 6.09 Å². The molecule has 11 nitrogen and oxygen atoms in total. The average molecular weight is 609 g/mol. The molecule has 2 N–H and O–H groups in total. The van der Waals surface area contributed by atoms with Crippen molar-refractivity contribution in [1.29, 1.82) is 0 Å². The molecule has 0 aliphatic carbocycles. The maximum Gasteiger partial charge on any atom is 0.408 e. The van der Waals surface area contributed by atoms with E-state index in [1.54, 1.807) is 50.1 Å². The Hall–Kier alpha value is -5.01. The van der Waals surface area contributed by atoms with Crippen LogP contribution in [-0.2, 0) is 4.74 Å². The number of hydrogen-bond donors (Lipinski definition) is 2. The van der Waals surface area contributed by atoms with Crippen molar-refractivity contribution in [2.45, 2.75) is 45.4 Å². The molecule has 5 rings (SSSR count). The summed E-state index contributed by atoms with van der Waals surface area (Å²) in [5.74, 6) is -3.81. The summed E-state index contributed by atoms with van der Waals surface area (Å²) in [7, 11) is 0. The van der Waals surface area contributed by atoms with Crippen LogP contribution in [0.1, 0.15) is 44.2 Å². The van der Waals surface area contributed by atoms with Gasteiger partial charge in [-0.15, -0.1) is 5.10 Å². The minimum Gasteiger partial charge on any atom is -0.444 e. The summed E-state index contributed by atoms with van der Waals surface area (Å²) in [6, 6.07) is 6.15. The van der Waals surface area contributed by atoms with Crippen molar-refractivity contribution in [3.8, 4) is 11.3 Å². The molecule has 1 aromatic carbocycles. The monoisotopic (exact) mass is 608 g/mol. The largest absolute Gasteiger partial charge is 0.444 e. The summed E-state index contributed by atoms with van der Waals surface area (Å²) >= 11 is 0. The molecular formula is C30H31F3N8O3. The SMILES string of the molecule is CC1CN(c2ccncc2NC(=O)c2ccc(F)c(-c3c(F)cccc3F)n2)CC(NC(=O)OC(C)(C)C)C1n1ccnn1. The maximum absolute atomic E-state index is 14.6. The van der Waals surface area contributed by atoms with Gasteiger partial charge in [0.2, 0.25) is 0 Å². The van der Waals surface area contributed by atoms with E-state index in [1.807, 2.05) is 11.8 Å². The molecule has 1 fully saturated rings. The molecule has 0 spiro atoms. The van der Waals surface area contributed by atoms with Crippen LogP contribution in [0.25, 0.3) is 11.3 Å². The third-order valence-corrected chi connectivity index (χ3v) is 7.03. The number of aromatic nitrogens is 5. The van der Waals surface area contributed by atoms with Gasteiger partial charge in [0, 0.05) is 25.5 Å². The number of rotatable bonds is 6. The molecule has 4 heterocycles. The van der Waals surface area contributed by atoms with Crippen LogP contribution in [0, 0.1) is 23.4 Å². The van der Waals surface area contributed by atoms with Gasteiger partial charge in [-0.3, -0.25) is 9.78 Å². The van der Waals surface area contributed by atoms with E-state index >= 15 is 0 Å². The van der Waals surface area contributed by atoms with Gasteiger partial charge in [-0.05, 0) is 57.0 Å². The first-order valence-electron chi connectivity index (χ1n) is 13.9. The average Bonchev–Trinajstić information content (AvgIpc) is 3.47. The third kappa shape index (κ3) is 6.63. The summed E-state index contributed by atoms with van der Waals surface area (Å²) in [4.78, 5) is 36.2. The summed E-state index contributed by atoms with van der Waals surface area (Å²) in [5.41, 5.74) is -1.36. The maximum atomic E-state index is 14.6. The van der Waals surface area contributed by atoms with Crippen LogP contribution in [0.15, 0.2) is 61.2 Å². The van der Waals surface area contributed by atoms with E-state index < -0.39 is 52.4 Å². The summed E-state index contributed by atoms with van der Waals surface area (Å²) < 4.78 is 50.6. The fourth-order valence-corrected chi connectivity index (χ4v) is 5.29. The molecule has 230 valence electrons. The quantitative estimate of drug-likeness (QED) is 0.313. The number of amides is 2. The topological polar surface area (TPSA) is 127 Å². The number of carbonyl (C=O) groups excluding carboxylic acids is 2. The van der Waals surface area contributed by atoms with Gasteiger partial charge < -0.3 is 20.3 Å². The Labute approximate surface area is 251 Å². The van der Waals surface area contributed by atoms with Crippen molar-refractivity contribution in [2.75, 3.05) is 23.3 Å². The first-order chi connectivity index (χ1) is 20.9. The zero-order valence-corrected chi connectivity index (χ0v) is 24.5. The van der Waals surface area contributed by atoms with Gasteiger partial charge in [-0.1, -0.05) is 18.2 Å². The Kier molecular flexibility index (Phi) is 8.52. The fourth-order valence-electron chi connectivity index (χ4n) is 5.29. The van der Waals surface area contributed by atoms with Gasteiger partial charge in [0.25, 0.3) is 5.91 Å². The number of nitrogens with one attached hydrogen (secondary N) is 2. The number of ether oxygens (including phenoxy) is 1. The normalized spacial score (nSPS) is 18.5. The number of anilines is 2. The molecule has 1 aliphatic heterocycles. The van der Waals surface area contributed by atoms with E-state index in [9.17, 15) is 22.8 Å². The van der Waals surface area contributed by atoms with Crippen molar-refractivity contribution < 1.29 is 27.5 Å². The highest BCUT2D eigenvalue weighted by Crippen LogP contribution is 2.34. The predicted molar refractivity (Wildman–Crippen MR) is 155 cm³/mol. The fraction of sp³-hybridized carbons (Fsp3) is 0.333. The molecule has 1 saturated heterocycles. The standard InChI is InChI=1S/C30H31F3N8O3/c1-17-15-40(16-23(27(17)41-13-12-35-39-41)38-29(43)44-30(2,3)4)24-10-11-34-14-22(24)37-28(42)21-9-8-20(33)26(36-21)25-18(31)6-5-7-19(25)32/h5-14,17,23,27H,15-16H2,1-4H3,(H,37,42)(H,38,43). The molecule has 44 heavy (non-hydrogen) atoms. The predicted octanol–water partition coefficient (Wildman–Crippen LogP) is 5.00. The minimum atomic E-state index is -1.01. The Morgan fingerprint density at radius 2 is 1.75 bits per heavy atom. The third-order valence-electron chi connectivity index (χ3n) is 7.03. The summed E-state index contributed by atoms with van der Waals surface area (Å²) in [5, 5.41) is 13.8. The lowest BCUT2D eigenvalue weighted by Gasteiger charge is -2.44. The van der Waals surface area contributed by atoms with E-state index in [0.717, 1.165) is 30.3 Å². The number of benzene rings is 1. The summed E-state index contributed by atoms with van der Waals surface area (Å²) in [6.07, 6.45) is 5.71. The zero-order valence-electron chi connectivity index (χ0n) is 24.5. The molecular weight excluding hydrogens is 577 g/mol. The van der Waals surface area contributed by atoms with Crippen molar-refractivity contribution in [3.05, 3.63) is 84.3 Å². The van der Waals surface area contributed by atoms with Crippen LogP contribution >= 0.6 is 0 Å². The number of halogens is 3. The van der Waals surface area contributed by atoms with E-state index in [1.165, 1.54) is 6.20 Å². The van der Waals surface area contributed by atoms with Crippen LogP contribution in [0.2, 0.25) is 0 Å². The Balaban J connectivity index is 1.41. The number of pyridine rings is 2. The molecule has 1 aliphatic rings. The van der Waals surface area contributed by atoms with Gasteiger partial charge in [0.15, 0.2) is 0 Å². The first kappa shape index (κ1) is 30.4. The highest BCUT2D eigenvalue weighted by atomic mass is 19.1. The second kappa shape index (κ2) is 12.3. The smallest absolute Gasteiger partial charge is 0.408 e. The zero-order chi connectivity index (χ0) is 31.6. The summed E-state index contributed by atoms with van der Waals surface area (Å²) in [6.45, 7) is 8.15. The molecule has 3 atom stereocenters. The van der Waals surface area contributed by atoms with Crippen LogP contribution in [0.3, 0.4) is 0 Å². The lowest BCUT2D eigenvalue weighted by molar-refractivity contribution is 0.0465. The van der Waals surface area contributed by atoms with Crippen molar-refractivity contribution >= 4 is 23.4 Å². The van der Waals surface area contributed by atoms with Crippen LogP contribution in [0.4, 0.5) is 29.3 Å². The molecule has 0 bridgehead atoms. The first-order valence-corrected chi connectivity index (χ1v) is 13.9. The van der Waals surface area contributed by atoms with E-state index in [4.69, 9.17) is 4.74 Å².